The lowest BCUT2D eigenvalue weighted by molar-refractivity contribution is 0.0688. The molecule has 0 unspecified atom stereocenters. The maximum atomic E-state index is 10.8. The number of rotatable bonds is 4. The van der Waals surface area contributed by atoms with Gasteiger partial charge in [-0.2, -0.15) is 0 Å². The number of hydrogen-bond donors (Lipinski definition) is 0. The summed E-state index contributed by atoms with van der Waals surface area (Å²) in [6.45, 7) is 6.04. The van der Waals surface area contributed by atoms with E-state index < -0.39 is 6.16 Å². The summed E-state index contributed by atoms with van der Waals surface area (Å²) in [4.78, 5) is 11.9. The lowest BCUT2D eigenvalue weighted by Gasteiger charge is -2.05. The minimum Gasteiger partial charge on any atom is -0.435 e. The van der Waals surface area contributed by atoms with Gasteiger partial charge in [-0.3, -0.25) is 0 Å². The number of carbonyl (C=O) groups is 1. The average molecular weight is 212 g/mol. The molecule has 0 aliphatic rings. The van der Waals surface area contributed by atoms with Gasteiger partial charge in [-0.15, -0.1) is 11.3 Å². The third-order valence-electron chi connectivity index (χ3n) is 1.50. The summed E-state index contributed by atoms with van der Waals surface area (Å²) in [5.74, 6) is 0. The van der Waals surface area contributed by atoms with Gasteiger partial charge >= 0.3 is 6.16 Å². The number of carbonyl (C=O) groups excluding carboxylic acids is 1. The molecule has 1 aromatic heterocycles. The van der Waals surface area contributed by atoms with E-state index in [1.165, 1.54) is 0 Å². The van der Waals surface area contributed by atoms with Crippen molar-refractivity contribution in [2.24, 2.45) is 0 Å². The molecule has 0 N–H and O–H groups in total. The van der Waals surface area contributed by atoms with Crippen LogP contribution in [0.2, 0.25) is 0 Å². The van der Waals surface area contributed by atoms with E-state index in [1.54, 1.807) is 18.3 Å². The lowest BCUT2D eigenvalue weighted by atomic mass is 10.3. The van der Waals surface area contributed by atoms with Crippen LogP contribution < -0.4 is 0 Å². The first-order valence-corrected chi connectivity index (χ1v) is 5.13. The van der Waals surface area contributed by atoms with Crippen molar-refractivity contribution in [2.45, 2.75) is 6.92 Å². The van der Waals surface area contributed by atoms with Gasteiger partial charge in [0.25, 0.3) is 0 Å². The van der Waals surface area contributed by atoms with Gasteiger partial charge in [-0.25, -0.2) is 4.79 Å². The van der Waals surface area contributed by atoms with Crippen LogP contribution in [-0.4, -0.2) is 19.4 Å². The third kappa shape index (κ3) is 3.22. The van der Waals surface area contributed by atoms with Gasteiger partial charge in [0.1, 0.15) is 6.61 Å². The monoisotopic (exact) mass is 212 g/mol. The Bertz CT molecular complexity index is 303. The van der Waals surface area contributed by atoms with E-state index in [2.05, 4.69) is 11.3 Å². The molecule has 0 aromatic carbocycles. The molecule has 0 aliphatic carbocycles. The summed E-state index contributed by atoms with van der Waals surface area (Å²) in [5, 5.41) is 1.95. The molecular weight excluding hydrogens is 200 g/mol. The summed E-state index contributed by atoms with van der Waals surface area (Å²) in [6, 6.07) is 3.86. The Morgan fingerprint density at radius 2 is 2.36 bits per heavy atom. The highest BCUT2D eigenvalue weighted by atomic mass is 32.1. The van der Waals surface area contributed by atoms with Gasteiger partial charge < -0.3 is 9.47 Å². The zero-order valence-corrected chi connectivity index (χ0v) is 8.80. The van der Waals surface area contributed by atoms with Crippen molar-refractivity contribution in [3.63, 3.8) is 0 Å². The fourth-order valence-corrected chi connectivity index (χ4v) is 1.54. The van der Waals surface area contributed by atoms with E-state index in [-0.39, 0.29) is 6.61 Å². The second-order valence-corrected chi connectivity index (χ2v) is 3.50. The maximum absolute atomic E-state index is 10.8. The fourth-order valence-electron chi connectivity index (χ4n) is 0.856. The molecular formula is C10H12O3S. The minimum absolute atomic E-state index is 0.180. The Balaban J connectivity index is 2.32. The quantitative estimate of drug-likeness (QED) is 0.720. The fraction of sp³-hybridized carbons (Fsp3) is 0.300. The van der Waals surface area contributed by atoms with Crippen LogP contribution in [0.25, 0.3) is 5.57 Å². The van der Waals surface area contributed by atoms with E-state index >= 15 is 0 Å². The zero-order chi connectivity index (χ0) is 10.4. The van der Waals surface area contributed by atoms with Crippen molar-refractivity contribution in [2.75, 3.05) is 13.2 Å². The summed E-state index contributed by atoms with van der Waals surface area (Å²) >= 11 is 1.56. The Labute approximate surface area is 87.0 Å². The van der Waals surface area contributed by atoms with Crippen LogP contribution >= 0.6 is 11.3 Å². The second-order valence-electron chi connectivity index (χ2n) is 2.55. The molecule has 0 bridgehead atoms. The summed E-state index contributed by atoms with van der Waals surface area (Å²) in [5.41, 5.74) is 0.785. The molecule has 1 rings (SSSR count). The van der Waals surface area contributed by atoms with E-state index in [9.17, 15) is 4.79 Å². The molecule has 0 saturated carbocycles. The highest BCUT2D eigenvalue weighted by Gasteiger charge is 2.05. The van der Waals surface area contributed by atoms with Gasteiger partial charge in [0.2, 0.25) is 0 Å². The normalized spacial score (nSPS) is 9.50. The largest absolute Gasteiger partial charge is 0.508 e. The molecule has 3 nitrogen and oxygen atoms in total. The average Bonchev–Trinajstić information content (AvgIpc) is 2.67. The van der Waals surface area contributed by atoms with Crippen molar-refractivity contribution >= 4 is 23.1 Å². The van der Waals surface area contributed by atoms with Gasteiger partial charge in [0, 0.05) is 4.88 Å². The maximum Gasteiger partial charge on any atom is 0.508 e. The molecule has 0 spiro atoms. The van der Waals surface area contributed by atoms with Gasteiger partial charge in [0.15, 0.2) is 0 Å². The predicted octanol–water partition coefficient (Wildman–Crippen LogP) is 2.93. The van der Waals surface area contributed by atoms with Gasteiger partial charge in [-0.1, -0.05) is 12.6 Å². The summed E-state index contributed by atoms with van der Waals surface area (Å²) < 4.78 is 9.42. The van der Waals surface area contributed by atoms with E-state index in [0.29, 0.717) is 6.61 Å². The first-order valence-electron chi connectivity index (χ1n) is 4.25. The van der Waals surface area contributed by atoms with Gasteiger partial charge in [0.05, 0.1) is 6.61 Å². The van der Waals surface area contributed by atoms with Crippen LogP contribution in [0.3, 0.4) is 0 Å². The summed E-state index contributed by atoms with van der Waals surface area (Å²) in [7, 11) is 0. The highest BCUT2D eigenvalue weighted by Crippen LogP contribution is 2.18. The molecule has 0 aliphatic heterocycles. The number of thiophene rings is 1. The topological polar surface area (TPSA) is 35.5 Å². The molecule has 76 valence electrons. The van der Waals surface area contributed by atoms with Crippen LogP contribution in [0.15, 0.2) is 24.1 Å². The molecule has 0 saturated heterocycles. The Morgan fingerprint density at radius 1 is 1.57 bits per heavy atom. The van der Waals surface area contributed by atoms with E-state index in [4.69, 9.17) is 4.74 Å². The molecule has 0 fully saturated rings. The van der Waals surface area contributed by atoms with E-state index in [1.807, 2.05) is 17.5 Å². The smallest absolute Gasteiger partial charge is 0.435 e. The third-order valence-corrected chi connectivity index (χ3v) is 2.47. The van der Waals surface area contributed by atoms with Crippen molar-refractivity contribution in [1.29, 1.82) is 0 Å². The Kier molecular flexibility index (Phi) is 4.19. The standard InChI is InChI=1S/C10H12O3S/c1-3-12-10(11)13-7-8(2)9-5-4-6-14-9/h4-6H,2-3,7H2,1H3. The van der Waals surface area contributed by atoms with Crippen molar-refractivity contribution in [3.8, 4) is 0 Å². The molecule has 0 amide bonds. The molecule has 1 aromatic rings. The van der Waals surface area contributed by atoms with Crippen LogP contribution in [-0.2, 0) is 9.47 Å². The first-order chi connectivity index (χ1) is 6.74. The van der Waals surface area contributed by atoms with Crippen LogP contribution in [0.4, 0.5) is 4.79 Å². The molecule has 14 heavy (non-hydrogen) atoms. The van der Waals surface area contributed by atoms with Crippen molar-refractivity contribution < 1.29 is 14.3 Å². The molecule has 0 atom stereocenters. The molecule has 0 radical (unpaired) electrons. The predicted molar refractivity (Wildman–Crippen MR) is 56.3 cm³/mol. The van der Waals surface area contributed by atoms with E-state index in [0.717, 1.165) is 10.5 Å². The van der Waals surface area contributed by atoms with Crippen LogP contribution in [0, 0.1) is 0 Å². The van der Waals surface area contributed by atoms with Crippen molar-refractivity contribution in [3.05, 3.63) is 29.0 Å². The van der Waals surface area contributed by atoms with Crippen LogP contribution in [0.1, 0.15) is 11.8 Å². The summed E-state index contributed by atoms with van der Waals surface area (Å²) in [6.07, 6.45) is -0.648. The Hall–Kier alpha value is -1.29. The zero-order valence-electron chi connectivity index (χ0n) is 7.99. The van der Waals surface area contributed by atoms with Crippen molar-refractivity contribution in [1.82, 2.24) is 0 Å². The number of hydrogen-bond acceptors (Lipinski definition) is 4. The Morgan fingerprint density at radius 3 is 2.93 bits per heavy atom. The van der Waals surface area contributed by atoms with Gasteiger partial charge in [-0.05, 0) is 23.9 Å². The van der Waals surface area contributed by atoms with Crippen LogP contribution in [0.5, 0.6) is 0 Å². The lowest BCUT2D eigenvalue weighted by Crippen LogP contribution is -2.08. The SMILES string of the molecule is C=C(COC(=O)OCC)c1cccs1. The molecule has 1 heterocycles. The minimum atomic E-state index is -0.648. The second kappa shape index (κ2) is 5.44. The molecule has 4 heteroatoms. The first kappa shape index (κ1) is 10.8. The highest BCUT2D eigenvalue weighted by molar-refractivity contribution is 7.11. The number of ether oxygens (including phenoxy) is 2.